The number of esters is 1. The van der Waals surface area contributed by atoms with Gasteiger partial charge in [-0.25, -0.2) is 4.98 Å². The van der Waals surface area contributed by atoms with Crippen molar-refractivity contribution in [2.45, 2.75) is 64.5 Å². The van der Waals surface area contributed by atoms with E-state index in [0.29, 0.717) is 36.8 Å². The van der Waals surface area contributed by atoms with Gasteiger partial charge in [-0.1, -0.05) is 32.6 Å². The molecule has 0 unspecified atom stereocenters. The molecule has 0 saturated heterocycles. The maximum absolute atomic E-state index is 13.4. The van der Waals surface area contributed by atoms with Crippen LogP contribution in [0, 0.1) is 0 Å². The summed E-state index contributed by atoms with van der Waals surface area (Å²) < 4.78 is 18.9. The second kappa shape index (κ2) is 8.17. The molecule has 3 aliphatic rings. The Morgan fingerprint density at radius 2 is 1.89 bits per heavy atom. The number of aryl methyl sites for hydroxylation is 2. The topological polar surface area (TPSA) is 99.9 Å². The molecule has 1 atom stereocenters. The van der Waals surface area contributed by atoms with Crippen LogP contribution in [0.4, 0.5) is 0 Å². The van der Waals surface area contributed by atoms with Crippen LogP contribution in [0.5, 0.6) is 17.2 Å². The lowest BCUT2D eigenvalue weighted by atomic mass is 9.93. The first kappa shape index (κ1) is 23.2. The number of carbonyl (C=O) groups is 1. The Morgan fingerprint density at radius 1 is 1.11 bits per heavy atom. The second-order valence-corrected chi connectivity index (χ2v) is 16.6. The number of nitrogens with zero attached hydrogens (tertiary/aromatic N) is 2. The average Bonchev–Trinajstić information content (AvgIpc) is 3.19. The van der Waals surface area contributed by atoms with E-state index in [4.69, 9.17) is 19.2 Å². The summed E-state index contributed by atoms with van der Waals surface area (Å²) in [5.74, 6) is 0.832. The third kappa shape index (κ3) is 3.56. The number of aromatic nitrogens is 2. The van der Waals surface area contributed by atoms with E-state index >= 15 is 0 Å². The molecule has 0 saturated carbocycles. The van der Waals surface area contributed by atoms with Gasteiger partial charge in [0, 0.05) is 36.2 Å². The van der Waals surface area contributed by atoms with Gasteiger partial charge in [0.25, 0.3) is 5.56 Å². The quantitative estimate of drug-likeness (QED) is 0.330. The maximum Gasteiger partial charge on any atom is 0.314 e. The van der Waals surface area contributed by atoms with Crippen LogP contribution in [0.15, 0.2) is 16.9 Å². The Morgan fingerprint density at radius 3 is 2.64 bits per heavy atom. The molecule has 6 rings (SSSR count). The Bertz CT molecular complexity index is 1500. The summed E-state index contributed by atoms with van der Waals surface area (Å²) in [5, 5.41) is 11.6. The van der Waals surface area contributed by atoms with Crippen LogP contribution < -0.4 is 19.8 Å². The van der Waals surface area contributed by atoms with Gasteiger partial charge in [-0.15, -0.1) is 0 Å². The summed E-state index contributed by atoms with van der Waals surface area (Å²) in [6.07, 6.45) is 0.412. The second-order valence-electron chi connectivity index (χ2n) is 11.0. The Kier molecular flexibility index (Phi) is 5.28. The van der Waals surface area contributed by atoms with Crippen LogP contribution in [-0.2, 0) is 24.2 Å². The highest BCUT2D eigenvalue weighted by Crippen LogP contribution is 2.45. The molecule has 8 nitrogen and oxygen atoms in total. The highest BCUT2D eigenvalue weighted by Gasteiger charge is 2.35. The summed E-state index contributed by atoms with van der Waals surface area (Å²) in [6.45, 7) is 10.6. The minimum absolute atomic E-state index is 0.0741. The van der Waals surface area contributed by atoms with Crippen LogP contribution in [0.1, 0.15) is 41.7 Å². The highest BCUT2D eigenvalue weighted by molar-refractivity contribution is 6.76. The van der Waals surface area contributed by atoms with Crippen molar-refractivity contribution in [3.05, 3.63) is 44.7 Å². The van der Waals surface area contributed by atoms with Gasteiger partial charge in [0.05, 0.1) is 36.0 Å². The SMILES string of the molecule is CCc1c2c(cc3nc4c(c(CC[Si](C)(C)C)c13)Cn1c-4cc3c(c1=O)OC(=O)C[C@H]3O)OCCO2. The molecule has 3 aromatic rings. The third-order valence-corrected chi connectivity index (χ3v) is 9.10. The van der Waals surface area contributed by atoms with Gasteiger partial charge in [-0.2, -0.15) is 0 Å². The molecule has 0 bridgehead atoms. The van der Waals surface area contributed by atoms with Gasteiger partial charge >= 0.3 is 5.97 Å². The van der Waals surface area contributed by atoms with Gasteiger partial charge in [-0.3, -0.25) is 14.2 Å². The molecule has 2 aromatic heterocycles. The number of aliphatic hydroxyl groups is 1. The maximum atomic E-state index is 13.4. The predicted octanol–water partition coefficient (Wildman–Crippen LogP) is 3.98. The van der Waals surface area contributed by atoms with Gasteiger partial charge in [0.1, 0.15) is 13.2 Å². The third-order valence-electron chi connectivity index (χ3n) is 7.35. The Hall–Kier alpha value is -3.17. The molecule has 5 heterocycles. The van der Waals surface area contributed by atoms with Crippen molar-refractivity contribution in [3.8, 4) is 28.6 Å². The van der Waals surface area contributed by atoms with E-state index in [1.54, 1.807) is 10.6 Å². The fraction of sp³-hybridized carbons (Fsp3) is 0.444. The van der Waals surface area contributed by atoms with Crippen molar-refractivity contribution in [1.29, 1.82) is 0 Å². The van der Waals surface area contributed by atoms with Crippen molar-refractivity contribution < 1.29 is 24.1 Å². The number of aliphatic hydroxyl groups excluding tert-OH is 1. The van der Waals surface area contributed by atoms with Crippen molar-refractivity contribution in [3.63, 3.8) is 0 Å². The van der Waals surface area contributed by atoms with E-state index in [2.05, 4.69) is 26.6 Å². The fourth-order valence-corrected chi connectivity index (χ4v) is 6.57. The Balaban J connectivity index is 1.64. The number of hydrogen-bond acceptors (Lipinski definition) is 7. The number of fused-ring (bicyclic) bond motifs is 6. The monoisotopic (exact) mass is 506 g/mol. The number of benzene rings is 1. The van der Waals surface area contributed by atoms with Crippen LogP contribution in [-0.4, -0.2) is 41.9 Å². The first-order chi connectivity index (χ1) is 17.2. The number of carbonyl (C=O) groups excluding carboxylic acids is 1. The normalized spacial score (nSPS) is 18.0. The molecule has 0 fully saturated rings. The lowest BCUT2D eigenvalue weighted by molar-refractivity contribution is -0.138. The molecule has 0 spiro atoms. The van der Waals surface area contributed by atoms with Gasteiger partial charge in [0.2, 0.25) is 5.75 Å². The number of ether oxygens (including phenoxy) is 3. The molecule has 1 N–H and O–H groups in total. The highest BCUT2D eigenvalue weighted by atomic mass is 28.3. The largest absolute Gasteiger partial charge is 0.486 e. The number of pyridine rings is 2. The minimum atomic E-state index is -1.38. The van der Waals surface area contributed by atoms with E-state index in [-0.39, 0.29) is 12.2 Å². The zero-order valence-electron chi connectivity index (χ0n) is 21.1. The molecular formula is C27H30N2O6Si. The van der Waals surface area contributed by atoms with E-state index in [1.165, 1.54) is 5.56 Å². The summed E-state index contributed by atoms with van der Waals surface area (Å²) in [4.78, 5) is 30.4. The van der Waals surface area contributed by atoms with Crippen LogP contribution in [0.3, 0.4) is 0 Å². The van der Waals surface area contributed by atoms with E-state index in [1.807, 2.05) is 6.07 Å². The van der Waals surface area contributed by atoms with Crippen molar-refractivity contribution >= 4 is 24.9 Å². The van der Waals surface area contributed by atoms with Crippen molar-refractivity contribution in [2.24, 2.45) is 0 Å². The standard InChI is InChI=1S/C27H30N2O6Si/c1-5-14-23-15(6-9-36(2,3)4)17-13-29-19(10-16-20(30)12-22(31)35-26(16)27(29)32)24(17)28-18(23)11-21-25(14)34-8-7-33-21/h10-11,20,30H,5-9,12-13H2,1-4H3/t20-/m1/s1. The number of hydrogen-bond donors (Lipinski definition) is 1. The molecule has 9 heteroatoms. The first-order valence-corrected chi connectivity index (χ1v) is 16.3. The van der Waals surface area contributed by atoms with E-state index in [9.17, 15) is 14.7 Å². The Labute approximate surface area is 209 Å². The average molecular weight is 507 g/mol. The van der Waals surface area contributed by atoms with Crippen LogP contribution >= 0.6 is 0 Å². The molecule has 1 aromatic carbocycles. The van der Waals surface area contributed by atoms with Gasteiger partial charge in [0.15, 0.2) is 11.5 Å². The van der Waals surface area contributed by atoms with E-state index < -0.39 is 25.7 Å². The van der Waals surface area contributed by atoms with Crippen LogP contribution in [0.2, 0.25) is 25.7 Å². The summed E-state index contributed by atoms with van der Waals surface area (Å²) in [7, 11) is -1.38. The van der Waals surface area contributed by atoms with Gasteiger partial charge in [-0.05, 0) is 24.5 Å². The molecule has 0 aliphatic carbocycles. The van der Waals surface area contributed by atoms with E-state index in [0.717, 1.165) is 52.4 Å². The van der Waals surface area contributed by atoms with Gasteiger partial charge < -0.3 is 19.3 Å². The molecule has 188 valence electrons. The van der Waals surface area contributed by atoms with Crippen molar-refractivity contribution in [2.75, 3.05) is 13.2 Å². The molecule has 0 radical (unpaired) electrons. The van der Waals surface area contributed by atoms with Crippen LogP contribution in [0.25, 0.3) is 22.3 Å². The fourth-order valence-electron chi connectivity index (χ4n) is 5.57. The molecular weight excluding hydrogens is 476 g/mol. The molecule has 3 aliphatic heterocycles. The zero-order chi connectivity index (χ0) is 25.4. The summed E-state index contributed by atoms with van der Waals surface area (Å²) in [6, 6.07) is 4.81. The lowest BCUT2D eigenvalue weighted by Gasteiger charge is -2.25. The predicted molar refractivity (Wildman–Crippen MR) is 138 cm³/mol. The zero-order valence-corrected chi connectivity index (χ0v) is 22.1. The minimum Gasteiger partial charge on any atom is -0.486 e. The summed E-state index contributed by atoms with van der Waals surface area (Å²) >= 11 is 0. The smallest absolute Gasteiger partial charge is 0.314 e. The first-order valence-electron chi connectivity index (χ1n) is 12.6. The molecule has 36 heavy (non-hydrogen) atoms. The number of rotatable bonds is 4. The lowest BCUT2D eigenvalue weighted by Crippen LogP contribution is -2.30. The summed E-state index contributed by atoms with van der Waals surface area (Å²) in [5.41, 5.74) is 5.47. The van der Waals surface area contributed by atoms with Crippen molar-refractivity contribution in [1.82, 2.24) is 9.55 Å². The molecule has 0 amide bonds.